The molecule has 1 aliphatic carbocycles. The van der Waals surface area contributed by atoms with E-state index in [1.807, 2.05) is 45.0 Å². The Bertz CT molecular complexity index is 597. The second-order valence-electron chi connectivity index (χ2n) is 5.91. The van der Waals surface area contributed by atoms with Crippen LogP contribution >= 0.6 is 0 Å². The number of amides is 2. The number of imide groups is 1. The summed E-state index contributed by atoms with van der Waals surface area (Å²) < 4.78 is 0. The molecule has 1 fully saturated rings. The SMILES string of the molecule is Cc1cccc(C)c1N1C(=O)[C@H]2[C@@H](C)C=CC[C@H]2C1=O. The molecule has 20 heavy (non-hydrogen) atoms. The zero-order valence-electron chi connectivity index (χ0n) is 12.1. The number of hydrogen-bond acceptors (Lipinski definition) is 2. The molecule has 1 aliphatic heterocycles. The summed E-state index contributed by atoms with van der Waals surface area (Å²) >= 11 is 0. The Hall–Kier alpha value is -1.90. The van der Waals surface area contributed by atoms with E-state index in [1.54, 1.807) is 0 Å². The first-order chi connectivity index (χ1) is 9.52. The molecule has 0 saturated carbocycles. The number of rotatable bonds is 1. The zero-order chi connectivity index (χ0) is 14.4. The van der Waals surface area contributed by atoms with E-state index in [0.29, 0.717) is 6.42 Å². The second-order valence-corrected chi connectivity index (χ2v) is 5.91. The largest absolute Gasteiger partial charge is 0.274 e. The van der Waals surface area contributed by atoms with Crippen LogP contribution in [0.2, 0.25) is 0 Å². The van der Waals surface area contributed by atoms with Gasteiger partial charge < -0.3 is 0 Å². The summed E-state index contributed by atoms with van der Waals surface area (Å²) in [5.41, 5.74) is 2.74. The normalized spacial score (nSPS) is 28.9. The van der Waals surface area contributed by atoms with Crippen LogP contribution in [0.5, 0.6) is 0 Å². The van der Waals surface area contributed by atoms with Crippen LogP contribution in [0.4, 0.5) is 5.69 Å². The second kappa shape index (κ2) is 4.58. The van der Waals surface area contributed by atoms with E-state index < -0.39 is 0 Å². The Labute approximate surface area is 119 Å². The fourth-order valence-corrected chi connectivity index (χ4v) is 3.53. The van der Waals surface area contributed by atoms with Crippen molar-refractivity contribution in [2.75, 3.05) is 4.90 Å². The number of carbonyl (C=O) groups excluding carboxylic acids is 2. The topological polar surface area (TPSA) is 37.4 Å². The van der Waals surface area contributed by atoms with Crippen molar-refractivity contribution in [1.82, 2.24) is 0 Å². The van der Waals surface area contributed by atoms with Gasteiger partial charge in [0.1, 0.15) is 0 Å². The molecule has 0 bridgehead atoms. The molecule has 1 saturated heterocycles. The lowest BCUT2D eigenvalue weighted by molar-refractivity contribution is -0.122. The standard InChI is InChI=1S/C17H19NO2/c1-10-6-5-9-13-14(10)17(20)18(16(13)19)15-11(2)7-4-8-12(15)3/h4-8,10,13-14H,9H2,1-3H3/t10-,13+,14-/m0/s1. The van der Waals surface area contributed by atoms with Crippen molar-refractivity contribution in [1.29, 1.82) is 0 Å². The van der Waals surface area contributed by atoms with Crippen LogP contribution in [-0.2, 0) is 9.59 Å². The summed E-state index contributed by atoms with van der Waals surface area (Å²) in [7, 11) is 0. The number of aryl methyl sites for hydroxylation is 2. The van der Waals surface area contributed by atoms with Crippen LogP contribution in [0.3, 0.4) is 0 Å². The molecule has 1 heterocycles. The number of fused-ring (bicyclic) bond motifs is 1. The zero-order valence-corrected chi connectivity index (χ0v) is 12.1. The van der Waals surface area contributed by atoms with Crippen molar-refractivity contribution >= 4 is 17.5 Å². The molecule has 0 N–H and O–H groups in total. The van der Waals surface area contributed by atoms with E-state index in [1.165, 1.54) is 4.90 Å². The van der Waals surface area contributed by atoms with E-state index in [0.717, 1.165) is 16.8 Å². The molecule has 0 unspecified atom stereocenters. The van der Waals surface area contributed by atoms with Crippen LogP contribution < -0.4 is 4.90 Å². The lowest BCUT2D eigenvalue weighted by Gasteiger charge is -2.22. The maximum Gasteiger partial charge on any atom is 0.238 e. The van der Waals surface area contributed by atoms with Gasteiger partial charge in [0.2, 0.25) is 11.8 Å². The molecule has 104 valence electrons. The molecule has 2 amide bonds. The Morgan fingerprint density at radius 2 is 1.75 bits per heavy atom. The summed E-state index contributed by atoms with van der Waals surface area (Å²) in [6, 6.07) is 5.86. The minimum absolute atomic E-state index is 0.0331. The van der Waals surface area contributed by atoms with E-state index in [4.69, 9.17) is 0 Å². The molecular weight excluding hydrogens is 250 g/mol. The summed E-state index contributed by atoms with van der Waals surface area (Å²) in [6.07, 6.45) is 4.77. The highest BCUT2D eigenvalue weighted by molar-refractivity contribution is 6.23. The van der Waals surface area contributed by atoms with Gasteiger partial charge in [-0.1, -0.05) is 37.3 Å². The maximum atomic E-state index is 12.7. The van der Waals surface area contributed by atoms with Crippen molar-refractivity contribution in [2.45, 2.75) is 27.2 Å². The van der Waals surface area contributed by atoms with Crippen LogP contribution in [-0.4, -0.2) is 11.8 Å². The first kappa shape index (κ1) is 13.1. The summed E-state index contributed by atoms with van der Waals surface area (Å²) in [5, 5.41) is 0. The van der Waals surface area contributed by atoms with Crippen molar-refractivity contribution < 1.29 is 9.59 Å². The Balaban J connectivity index is 2.08. The summed E-state index contributed by atoms with van der Waals surface area (Å²) in [5.74, 6) is -0.296. The number of benzene rings is 1. The van der Waals surface area contributed by atoms with E-state index >= 15 is 0 Å². The van der Waals surface area contributed by atoms with Crippen molar-refractivity contribution in [3.8, 4) is 0 Å². The fourth-order valence-electron chi connectivity index (χ4n) is 3.53. The molecule has 1 aromatic rings. The quantitative estimate of drug-likeness (QED) is 0.580. The third-order valence-corrected chi connectivity index (χ3v) is 4.54. The van der Waals surface area contributed by atoms with Crippen LogP contribution in [0.25, 0.3) is 0 Å². The third-order valence-electron chi connectivity index (χ3n) is 4.54. The molecule has 3 atom stereocenters. The van der Waals surface area contributed by atoms with Gasteiger partial charge >= 0.3 is 0 Å². The van der Waals surface area contributed by atoms with Crippen molar-refractivity contribution in [3.63, 3.8) is 0 Å². The number of para-hydroxylation sites is 1. The van der Waals surface area contributed by atoms with Gasteiger partial charge in [0.15, 0.2) is 0 Å². The lowest BCUT2D eigenvalue weighted by atomic mass is 9.78. The van der Waals surface area contributed by atoms with Gasteiger partial charge in [-0.15, -0.1) is 0 Å². The van der Waals surface area contributed by atoms with Gasteiger partial charge in [-0.2, -0.15) is 0 Å². The minimum atomic E-state index is -0.188. The highest BCUT2D eigenvalue weighted by atomic mass is 16.2. The number of anilines is 1. The van der Waals surface area contributed by atoms with Crippen LogP contribution in [0, 0.1) is 31.6 Å². The third kappa shape index (κ3) is 1.73. The lowest BCUT2D eigenvalue weighted by Crippen LogP contribution is -2.32. The van der Waals surface area contributed by atoms with E-state index in [-0.39, 0.29) is 29.6 Å². The molecule has 0 aromatic heterocycles. The highest BCUT2D eigenvalue weighted by Gasteiger charge is 2.50. The van der Waals surface area contributed by atoms with Gasteiger partial charge in [0.05, 0.1) is 17.5 Å². The van der Waals surface area contributed by atoms with Gasteiger partial charge in [0.25, 0.3) is 0 Å². The molecule has 3 rings (SSSR count). The predicted molar refractivity (Wildman–Crippen MR) is 78.3 cm³/mol. The summed E-state index contributed by atoms with van der Waals surface area (Å²) in [6.45, 7) is 5.92. The van der Waals surface area contributed by atoms with Gasteiger partial charge in [-0.3, -0.25) is 9.59 Å². The highest BCUT2D eigenvalue weighted by Crippen LogP contribution is 2.41. The number of carbonyl (C=O) groups is 2. The monoisotopic (exact) mass is 269 g/mol. The summed E-state index contributed by atoms with van der Waals surface area (Å²) in [4.78, 5) is 26.8. The average Bonchev–Trinajstić information content (AvgIpc) is 2.65. The average molecular weight is 269 g/mol. The van der Waals surface area contributed by atoms with E-state index in [2.05, 4.69) is 6.08 Å². The molecular formula is C17H19NO2. The van der Waals surface area contributed by atoms with E-state index in [9.17, 15) is 9.59 Å². The number of hydrogen-bond donors (Lipinski definition) is 0. The van der Waals surface area contributed by atoms with Gasteiger partial charge in [0, 0.05) is 0 Å². The fraction of sp³-hybridized carbons (Fsp3) is 0.412. The predicted octanol–water partition coefficient (Wildman–Crippen LogP) is 3.01. The first-order valence-corrected chi connectivity index (χ1v) is 7.13. The number of allylic oxidation sites excluding steroid dienone is 2. The van der Waals surface area contributed by atoms with Crippen molar-refractivity contribution in [2.24, 2.45) is 17.8 Å². The molecule has 3 heteroatoms. The van der Waals surface area contributed by atoms with Gasteiger partial charge in [-0.25, -0.2) is 4.90 Å². The molecule has 0 radical (unpaired) electrons. The molecule has 3 nitrogen and oxygen atoms in total. The van der Waals surface area contributed by atoms with Crippen LogP contribution in [0.1, 0.15) is 24.5 Å². The van der Waals surface area contributed by atoms with Crippen LogP contribution in [0.15, 0.2) is 30.4 Å². The molecule has 0 spiro atoms. The maximum absolute atomic E-state index is 12.7. The smallest absolute Gasteiger partial charge is 0.238 e. The van der Waals surface area contributed by atoms with Crippen molar-refractivity contribution in [3.05, 3.63) is 41.5 Å². The molecule has 2 aliphatic rings. The Morgan fingerprint density at radius 3 is 2.35 bits per heavy atom. The van der Waals surface area contributed by atoms with Gasteiger partial charge in [-0.05, 0) is 37.3 Å². The number of nitrogens with zero attached hydrogens (tertiary/aromatic N) is 1. The molecule has 1 aromatic carbocycles. The minimum Gasteiger partial charge on any atom is -0.274 e. The Kier molecular flexibility index (Phi) is 3.00. The Morgan fingerprint density at radius 1 is 1.10 bits per heavy atom. The first-order valence-electron chi connectivity index (χ1n) is 7.13.